The molecule has 3 rings (SSSR count). The Morgan fingerprint density at radius 2 is 1.76 bits per heavy atom. The molecule has 4 nitrogen and oxygen atoms in total. The zero-order valence-corrected chi connectivity index (χ0v) is 12.0. The molecule has 0 atom stereocenters. The summed E-state index contributed by atoms with van der Waals surface area (Å²) in [6.07, 6.45) is 0. The molecule has 104 valence electrons. The monoisotopic (exact) mass is 298 g/mol. The Bertz CT molecular complexity index is 816. The summed E-state index contributed by atoms with van der Waals surface area (Å²) >= 11 is 5.91. The van der Waals surface area contributed by atoms with E-state index in [1.807, 2.05) is 18.2 Å². The van der Waals surface area contributed by atoms with E-state index in [9.17, 15) is 4.79 Å². The van der Waals surface area contributed by atoms with Crippen molar-refractivity contribution in [3.8, 4) is 5.75 Å². The first-order chi connectivity index (χ1) is 10.2. The highest BCUT2D eigenvalue weighted by Gasteiger charge is 2.16. The third-order valence-corrected chi connectivity index (χ3v) is 3.31. The molecule has 2 aromatic carbocycles. The minimum Gasteiger partial charge on any atom is -0.497 e. The van der Waals surface area contributed by atoms with Crippen LogP contribution in [0, 0.1) is 0 Å². The number of fused-ring (bicyclic) bond motifs is 1. The number of ketones is 1. The highest BCUT2D eigenvalue weighted by molar-refractivity contribution is 6.29. The summed E-state index contributed by atoms with van der Waals surface area (Å²) < 4.78 is 5.09. The lowest BCUT2D eigenvalue weighted by Crippen LogP contribution is -2.06. The quantitative estimate of drug-likeness (QED) is 0.548. The summed E-state index contributed by atoms with van der Waals surface area (Å²) in [6, 6.07) is 14.2. The molecule has 0 amide bonds. The molecular formula is C16H11ClN2O2. The zero-order valence-electron chi connectivity index (χ0n) is 11.2. The van der Waals surface area contributed by atoms with Gasteiger partial charge in [-0.3, -0.25) is 4.79 Å². The van der Waals surface area contributed by atoms with Crippen molar-refractivity contribution >= 4 is 28.3 Å². The largest absolute Gasteiger partial charge is 0.497 e. The van der Waals surface area contributed by atoms with Gasteiger partial charge < -0.3 is 4.74 Å². The molecule has 0 aliphatic carbocycles. The number of aromatic nitrogens is 2. The number of nitrogens with zero attached hydrogens (tertiary/aromatic N) is 2. The van der Waals surface area contributed by atoms with E-state index in [0.717, 1.165) is 0 Å². The van der Waals surface area contributed by atoms with Crippen LogP contribution in [0.1, 0.15) is 16.1 Å². The van der Waals surface area contributed by atoms with Crippen LogP contribution in [-0.2, 0) is 0 Å². The number of ether oxygens (including phenoxy) is 1. The lowest BCUT2D eigenvalue weighted by atomic mass is 10.0. The molecule has 0 radical (unpaired) electrons. The first kappa shape index (κ1) is 13.5. The second kappa shape index (κ2) is 5.50. The van der Waals surface area contributed by atoms with Crippen molar-refractivity contribution < 1.29 is 9.53 Å². The third kappa shape index (κ3) is 2.58. The summed E-state index contributed by atoms with van der Waals surface area (Å²) in [5.74, 6) is 0.496. The van der Waals surface area contributed by atoms with Gasteiger partial charge in [0.1, 0.15) is 11.4 Å². The SMILES string of the molecule is COc1ccc(C(=O)c2nc(Cl)nc3ccccc23)cc1. The highest BCUT2D eigenvalue weighted by Crippen LogP contribution is 2.21. The third-order valence-electron chi connectivity index (χ3n) is 3.14. The molecule has 0 aliphatic rings. The van der Waals surface area contributed by atoms with Crippen LogP contribution in [0.3, 0.4) is 0 Å². The molecule has 0 saturated heterocycles. The number of para-hydroxylation sites is 1. The van der Waals surface area contributed by atoms with Crippen molar-refractivity contribution in [3.05, 3.63) is 65.1 Å². The Hall–Kier alpha value is -2.46. The Kier molecular flexibility index (Phi) is 3.54. The van der Waals surface area contributed by atoms with Crippen molar-refractivity contribution in [1.29, 1.82) is 0 Å². The summed E-state index contributed by atoms with van der Waals surface area (Å²) in [5.41, 5.74) is 1.47. The summed E-state index contributed by atoms with van der Waals surface area (Å²) in [6.45, 7) is 0. The average Bonchev–Trinajstić information content (AvgIpc) is 2.53. The standard InChI is InChI=1S/C16H11ClN2O2/c1-21-11-8-6-10(7-9-11)15(20)14-12-4-2-3-5-13(12)18-16(17)19-14/h2-9H,1H3. The van der Waals surface area contributed by atoms with E-state index in [0.29, 0.717) is 27.9 Å². The Morgan fingerprint density at radius 3 is 2.48 bits per heavy atom. The second-order valence-electron chi connectivity index (χ2n) is 4.42. The van der Waals surface area contributed by atoms with Gasteiger partial charge in [-0.2, -0.15) is 0 Å². The summed E-state index contributed by atoms with van der Waals surface area (Å²) in [5, 5.41) is 0.744. The van der Waals surface area contributed by atoms with Gasteiger partial charge >= 0.3 is 0 Å². The fraction of sp³-hybridized carbons (Fsp3) is 0.0625. The normalized spacial score (nSPS) is 10.6. The highest BCUT2D eigenvalue weighted by atomic mass is 35.5. The lowest BCUT2D eigenvalue weighted by Gasteiger charge is -2.06. The number of benzene rings is 2. The van der Waals surface area contributed by atoms with E-state index >= 15 is 0 Å². The Balaban J connectivity index is 2.12. The summed E-state index contributed by atoms with van der Waals surface area (Å²) in [4.78, 5) is 20.8. The van der Waals surface area contributed by atoms with E-state index < -0.39 is 0 Å². The number of methoxy groups -OCH3 is 1. The van der Waals surface area contributed by atoms with Gasteiger partial charge in [0, 0.05) is 10.9 Å². The molecule has 0 unspecified atom stereocenters. The second-order valence-corrected chi connectivity index (χ2v) is 4.75. The zero-order chi connectivity index (χ0) is 14.8. The van der Waals surface area contributed by atoms with Crippen molar-refractivity contribution in [3.63, 3.8) is 0 Å². The molecule has 0 spiro atoms. The van der Waals surface area contributed by atoms with Crippen molar-refractivity contribution in [2.45, 2.75) is 0 Å². The van der Waals surface area contributed by atoms with Gasteiger partial charge in [0.05, 0.1) is 12.6 Å². The molecule has 1 aromatic heterocycles. The first-order valence-corrected chi connectivity index (χ1v) is 6.68. The van der Waals surface area contributed by atoms with E-state index in [2.05, 4.69) is 9.97 Å². The van der Waals surface area contributed by atoms with Crippen LogP contribution in [0.25, 0.3) is 10.9 Å². The molecule has 0 fully saturated rings. The minimum absolute atomic E-state index is 0.0607. The van der Waals surface area contributed by atoms with Crippen molar-refractivity contribution in [1.82, 2.24) is 9.97 Å². The van der Waals surface area contributed by atoms with Crippen LogP contribution in [-0.4, -0.2) is 22.9 Å². The average molecular weight is 299 g/mol. The van der Waals surface area contributed by atoms with Crippen LogP contribution in [0.15, 0.2) is 48.5 Å². The number of carbonyl (C=O) groups excluding carboxylic acids is 1. The topological polar surface area (TPSA) is 52.1 Å². The molecule has 3 aromatic rings. The van der Waals surface area contributed by atoms with E-state index in [1.165, 1.54) is 0 Å². The van der Waals surface area contributed by atoms with Crippen LogP contribution in [0.2, 0.25) is 5.28 Å². The maximum absolute atomic E-state index is 12.6. The Labute approximate surface area is 126 Å². The molecule has 21 heavy (non-hydrogen) atoms. The predicted molar refractivity (Wildman–Crippen MR) is 81.0 cm³/mol. The van der Waals surface area contributed by atoms with Crippen molar-refractivity contribution in [2.75, 3.05) is 7.11 Å². The van der Waals surface area contributed by atoms with Gasteiger partial charge in [-0.1, -0.05) is 18.2 Å². The van der Waals surface area contributed by atoms with Gasteiger partial charge in [0.15, 0.2) is 0 Å². The summed E-state index contributed by atoms with van der Waals surface area (Å²) in [7, 11) is 1.58. The van der Waals surface area contributed by atoms with Gasteiger partial charge in [-0.05, 0) is 41.9 Å². The van der Waals surface area contributed by atoms with Gasteiger partial charge in [0.2, 0.25) is 11.1 Å². The lowest BCUT2D eigenvalue weighted by molar-refractivity contribution is 0.103. The fourth-order valence-electron chi connectivity index (χ4n) is 2.10. The number of hydrogen-bond acceptors (Lipinski definition) is 4. The van der Waals surface area contributed by atoms with Gasteiger partial charge in [-0.25, -0.2) is 9.97 Å². The van der Waals surface area contributed by atoms with Crippen LogP contribution in [0.4, 0.5) is 0 Å². The van der Waals surface area contributed by atoms with Crippen molar-refractivity contribution in [2.24, 2.45) is 0 Å². The minimum atomic E-state index is -0.196. The number of carbonyl (C=O) groups is 1. The van der Waals surface area contributed by atoms with E-state index in [-0.39, 0.29) is 11.1 Å². The van der Waals surface area contributed by atoms with Gasteiger partial charge in [-0.15, -0.1) is 0 Å². The van der Waals surface area contributed by atoms with Crippen LogP contribution < -0.4 is 4.74 Å². The molecule has 1 heterocycles. The molecule has 0 N–H and O–H groups in total. The maximum Gasteiger partial charge on any atom is 0.223 e. The predicted octanol–water partition coefficient (Wildman–Crippen LogP) is 3.52. The molecular weight excluding hydrogens is 288 g/mol. The van der Waals surface area contributed by atoms with E-state index in [1.54, 1.807) is 37.4 Å². The smallest absolute Gasteiger partial charge is 0.223 e. The van der Waals surface area contributed by atoms with E-state index in [4.69, 9.17) is 16.3 Å². The van der Waals surface area contributed by atoms with Crippen LogP contribution >= 0.6 is 11.6 Å². The number of rotatable bonds is 3. The maximum atomic E-state index is 12.6. The van der Waals surface area contributed by atoms with Gasteiger partial charge in [0.25, 0.3) is 0 Å². The number of hydrogen-bond donors (Lipinski definition) is 0. The molecule has 5 heteroatoms. The first-order valence-electron chi connectivity index (χ1n) is 6.30. The fourth-order valence-corrected chi connectivity index (χ4v) is 2.28. The number of halogens is 1. The molecule has 0 bridgehead atoms. The Morgan fingerprint density at radius 1 is 1.05 bits per heavy atom. The molecule has 0 saturated carbocycles. The molecule has 0 aliphatic heterocycles. The van der Waals surface area contributed by atoms with Crippen LogP contribution in [0.5, 0.6) is 5.75 Å².